The highest BCUT2D eigenvalue weighted by molar-refractivity contribution is 5.31. The van der Waals surface area contributed by atoms with Crippen molar-refractivity contribution in [1.29, 1.82) is 0 Å². The molecule has 3 heteroatoms. The normalized spacial score (nSPS) is 22.7. The standard InChI is InChI=1S/C15H18N2O/c1-11-4-2-3-5-15(11)12-8-14(9-12)16-10-13-6-7-18-17-13/h2-7,12,14,16H,8-10H2,1H3. The van der Waals surface area contributed by atoms with Gasteiger partial charge >= 0.3 is 0 Å². The van der Waals surface area contributed by atoms with Crippen LogP contribution in [0.15, 0.2) is 41.1 Å². The monoisotopic (exact) mass is 242 g/mol. The lowest BCUT2D eigenvalue weighted by Crippen LogP contribution is -2.39. The predicted molar refractivity (Wildman–Crippen MR) is 70.3 cm³/mol. The Bertz CT molecular complexity index is 501. The van der Waals surface area contributed by atoms with Crippen LogP contribution in [-0.4, -0.2) is 11.2 Å². The highest BCUT2D eigenvalue weighted by Gasteiger charge is 2.30. The van der Waals surface area contributed by atoms with Gasteiger partial charge in [0.25, 0.3) is 0 Å². The average Bonchev–Trinajstić information content (AvgIpc) is 2.82. The van der Waals surface area contributed by atoms with Crippen molar-refractivity contribution in [3.63, 3.8) is 0 Å². The van der Waals surface area contributed by atoms with Gasteiger partial charge in [-0.25, -0.2) is 0 Å². The molecule has 0 aliphatic heterocycles. The van der Waals surface area contributed by atoms with Gasteiger partial charge in [0.05, 0.1) is 5.69 Å². The fraction of sp³-hybridized carbons (Fsp3) is 0.400. The van der Waals surface area contributed by atoms with E-state index >= 15 is 0 Å². The van der Waals surface area contributed by atoms with Gasteiger partial charge in [0.2, 0.25) is 0 Å². The molecule has 1 aromatic heterocycles. The Kier molecular flexibility index (Phi) is 3.15. The number of nitrogens with zero attached hydrogens (tertiary/aromatic N) is 1. The molecule has 3 nitrogen and oxygen atoms in total. The van der Waals surface area contributed by atoms with Gasteiger partial charge in [-0.1, -0.05) is 29.4 Å². The molecule has 1 aliphatic carbocycles. The Labute approximate surface area is 107 Å². The molecule has 0 bridgehead atoms. The molecule has 0 saturated heterocycles. The molecule has 1 aliphatic rings. The summed E-state index contributed by atoms with van der Waals surface area (Å²) in [7, 11) is 0. The lowest BCUT2D eigenvalue weighted by Gasteiger charge is -2.37. The Morgan fingerprint density at radius 3 is 2.83 bits per heavy atom. The van der Waals surface area contributed by atoms with Crippen molar-refractivity contribution >= 4 is 0 Å². The number of rotatable bonds is 4. The molecule has 1 saturated carbocycles. The molecular weight excluding hydrogens is 224 g/mol. The van der Waals surface area contributed by atoms with E-state index < -0.39 is 0 Å². The summed E-state index contributed by atoms with van der Waals surface area (Å²) < 4.78 is 4.81. The molecule has 0 unspecified atom stereocenters. The lowest BCUT2D eigenvalue weighted by atomic mass is 9.74. The van der Waals surface area contributed by atoms with Crippen LogP contribution in [0.25, 0.3) is 0 Å². The molecule has 1 aromatic carbocycles. The van der Waals surface area contributed by atoms with Crippen molar-refractivity contribution < 1.29 is 4.52 Å². The van der Waals surface area contributed by atoms with Crippen molar-refractivity contribution in [3.8, 4) is 0 Å². The molecule has 1 N–H and O–H groups in total. The van der Waals surface area contributed by atoms with E-state index in [1.807, 2.05) is 6.07 Å². The third-order valence-corrected chi connectivity index (χ3v) is 3.83. The smallest absolute Gasteiger partial charge is 0.124 e. The van der Waals surface area contributed by atoms with Crippen molar-refractivity contribution in [2.45, 2.75) is 38.3 Å². The van der Waals surface area contributed by atoms with Gasteiger partial charge in [-0.05, 0) is 36.8 Å². The molecule has 2 aromatic rings. The maximum absolute atomic E-state index is 4.81. The van der Waals surface area contributed by atoms with Gasteiger partial charge in [0.1, 0.15) is 6.26 Å². The molecular formula is C15H18N2O. The zero-order valence-corrected chi connectivity index (χ0v) is 10.6. The van der Waals surface area contributed by atoms with Gasteiger partial charge in [-0.3, -0.25) is 0 Å². The molecule has 94 valence electrons. The lowest BCUT2D eigenvalue weighted by molar-refractivity contribution is 0.285. The molecule has 1 heterocycles. The number of aromatic nitrogens is 1. The van der Waals surface area contributed by atoms with E-state index in [0.717, 1.165) is 18.2 Å². The first-order valence-corrected chi connectivity index (χ1v) is 6.51. The number of benzene rings is 1. The van der Waals surface area contributed by atoms with Gasteiger partial charge in [0.15, 0.2) is 0 Å². The second-order valence-corrected chi connectivity index (χ2v) is 5.09. The van der Waals surface area contributed by atoms with Crippen LogP contribution in [0.4, 0.5) is 0 Å². The highest BCUT2D eigenvalue weighted by Crippen LogP contribution is 2.38. The number of nitrogens with one attached hydrogen (secondary N) is 1. The van der Waals surface area contributed by atoms with Gasteiger partial charge in [0, 0.05) is 18.7 Å². The molecule has 0 spiro atoms. The van der Waals surface area contributed by atoms with Crippen LogP contribution in [0.1, 0.15) is 35.6 Å². The summed E-state index contributed by atoms with van der Waals surface area (Å²) in [5.74, 6) is 0.723. The summed E-state index contributed by atoms with van der Waals surface area (Å²) in [6.45, 7) is 3.01. The minimum absolute atomic E-state index is 0.617. The Hall–Kier alpha value is -1.61. The van der Waals surface area contributed by atoms with E-state index in [9.17, 15) is 0 Å². The highest BCUT2D eigenvalue weighted by atomic mass is 16.5. The van der Waals surface area contributed by atoms with Gasteiger partial charge < -0.3 is 9.84 Å². The Balaban J connectivity index is 1.50. The van der Waals surface area contributed by atoms with E-state index in [-0.39, 0.29) is 0 Å². The minimum atomic E-state index is 0.617. The minimum Gasteiger partial charge on any atom is -0.364 e. The fourth-order valence-electron chi connectivity index (χ4n) is 2.66. The van der Waals surface area contributed by atoms with Crippen LogP contribution in [0.3, 0.4) is 0 Å². The second kappa shape index (κ2) is 4.94. The molecule has 0 atom stereocenters. The topological polar surface area (TPSA) is 38.1 Å². The summed E-state index contributed by atoms with van der Waals surface area (Å²) in [6.07, 6.45) is 4.07. The van der Waals surface area contributed by atoms with Crippen molar-refractivity contribution in [3.05, 3.63) is 53.4 Å². The van der Waals surface area contributed by atoms with E-state index in [0.29, 0.717) is 6.04 Å². The Morgan fingerprint density at radius 1 is 1.28 bits per heavy atom. The maximum atomic E-state index is 4.81. The molecule has 18 heavy (non-hydrogen) atoms. The first kappa shape index (κ1) is 11.5. The van der Waals surface area contributed by atoms with Crippen molar-refractivity contribution in [1.82, 2.24) is 10.5 Å². The van der Waals surface area contributed by atoms with Crippen LogP contribution < -0.4 is 5.32 Å². The van der Waals surface area contributed by atoms with E-state index in [4.69, 9.17) is 4.52 Å². The second-order valence-electron chi connectivity index (χ2n) is 5.09. The summed E-state index contributed by atoms with van der Waals surface area (Å²) in [4.78, 5) is 0. The third kappa shape index (κ3) is 2.31. The van der Waals surface area contributed by atoms with Crippen LogP contribution in [0.5, 0.6) is 0 Å². The summed E-state index contributed by atoms with van der Waals surface area (Å²) >= 11 is 0. The number of aryl methyl sites for hydroxylation is 1. The number of hydrogen-bond donors (Lipinski definition) is 1. The summed E-state index contributed by atoms with van der Waals surface area (Å²) in [5.41, 5.74) is 3.91. The third-order valence-electron chi connectivity index (χ3n) is 3.83. The van der Waals surface area contributed by atoms with Crippen LogP contribution >= 0.6 is 0 Å². The molecule has 0 radical (unpaired) electrons. The first-order valence-electron chi connectivity index (χ1n) is 6.51. The Morgan fingerprint density at radius 2 is 2.11 bits per heavy atom. The zero-order valence-electron chi connectivity index (χ0n) is 10.6. The van der Waals surface area contributed by atoms with Crippen LogP contribution in [0, 0.1) is 6.92 Å². The predicted octanol–water partition coefficient (Wildman–Crippen LogP) is 3.02. The molecule has 1 fully saturated rings. The maximum Gasteiger partial charge on any atom is 0.124 e. The van der Waals surface area contributed by atoms with Crippen LogP contribution in [-0.2, 0) is 6.54 Å². The first-order chi connectivity index (χ1) is 8.83. The van der Waals surface area contributed by atoms with Gasteiger partial charge in [-0.2, -0.15) is 0 Å². The van der Waals surface area contributed by atoms with E-state index in [1.165, 1.54) is 24.0 Å². The summed E-state index contributed by atoms with van der Waals surface area (Å²) in [5, 5.41) is 7.42. The molecule has 3 rings (SSSR count). The zero-order chi connectivity index (χ0) is 12.4. The van der Waals surface area contributed by atoms with Gasteiger partial charge in [-0.15, -0.1) is 0 Å². The van der Waals surface area contributed by atoms with E-state index in [2.05, 4.69) is 41.7 Å². The van der Waals surface area contributed by atoms with Crippen LogP contribution in [0.2, 0.25) is 0 Å². The quantitative estimate of drug-likeness (QED) is 0.895. The largest absolute Gasteiger partial charge is 0.364 e. The average molecular weight is 242 g/mol. The summed E-state index contributed by atoms with van der Waals surface area (Å²) in [6, 6.07) is 11.2. The molecule has 0 amide bonds. The fourth-order valence-corrected chi connectivity index (χ4v) is 2.66. The SMILES string of the molecule is Cc1ccccc1C1CC(NCc2ccon2)C1. The van der Waals surface area contributed by atoms with E-state index in [1.54, 1.807) is 6.26 Å². The van der Waals surface area contributed by atoms with Crippen molar-refractivity contribution in [2.75, 3.05) is 0 Å². The number of hydrogen-bond acceptors (Lipinski definition) is 3. The van der Waals surface area contributed by atoms with Crippen molar-refractivity contribution in [2.24, 2.45) is 0 Å².